The normalized spacial score (nSPS) is 18.9. The smallest absolute Gasteiger partial charge is 0.318 e. The van der Waals surface area contributed by atoms with Gasteiger partial charge in [-0.25, -0.2) is 4.79 Å². The van der Waals surface area contributed by atoms with Gasteiger partial charge in [-0.15, -0.1) is 0 Å². The molecule has 0 spiro atoms. The van der Waals surface area contributed by atoms with Gasteiger partial charge in [0.1, 0.15) is 6.04 Å². The Bertz CT molecular complexity index is 455. The number of carbonyl (C=O) groups excluding carboxylic acids is 3. The Morgan fingerprint density at radius 2 is 2.00 bits per heavy atom. The van der Waals surface area contributed by atoms with Gasteiger partial charge in [-0.1, -0.05) is 0 Å². The van der Waals surface area contributed by atoms with Crippen molar-refractivity contribution in [2.24, 2.45) is 0 Å². The van der Waals surface area contributed by atoms with Gasteiger partial charge in [0.25, 0.3) is 0 Å². The van der Waals surface area contributed by atoms with E-state index in [1.54, 1.807) is 20.8 Å². The van der Waals surface area contributed by atoms with Crippen molar-refractivity contribution >= 4 is 23.8 Å². The number of piperidine rings is 1. The van der Waals surface area contributed by atoms with Crippen LogP contribution in [0.25, 0.3) is 0 Å². The first-order chi connectivity index (χ1) is 9.61. The van der Waals surface area contributed by atoms with Crippen molar-refractivity contribution < 1.29 is 24.3 Å². The number of urea groups is 1. The number of hydrogen-bond donors (Lipinski definition) is 3. The Hall–Kier alpha value is -2.12. The lowest BCUT2D eigenvalue weighted by molar-refractivity contribution is -0.138. The number of hydrogen-bond acceptors (Lipinski definition) is 4. The molecule has 8 nitrogen and oxygen atoms in total. The van der Waals surface area contributed by atoms with Crippen molar-refractivity contribution in [2.45, 2.75) is 51.6 Å². The monoisotopic (exact) mass is 299 g/mol. The van der Waals surface area contributed by atoms with Crippen LogP contribution >= 0.6 is 0 Å². The minimum absolute atomic E-state index is 0.0396. The summed E-state index contributed by atoms with van der Waals surface area (Å²) in [6.07, 6.45) is 0.231. The SMILES string of the molecule is CC(C)(C)N(CCC(=O)O)C(=O)NC1CCC(=O)NC1=O. The average molecular weight is 299 g/mol. The Morgan fingerprint density at radius 1 is 1.38 bits per heavy atom. The first kappa shape index (κ1) is 16.9. The number of carbonyl (C=O) groups is 4. The second-order valence-electron chi connectivity index (χ2n) is 5.92. The van der Waals surface area contributed by atoms with Crippen molar-refractivity contribution in [1.29, 1.82) is 0 Å². The van der Waals surface area contributed by atoms with Crippen LogP contribution in [0.1, 0.15) is 40.0 Å². The van der Waals surface area contributed by atoms with Crippen molar-refractivity contribution in [2.75, 3.05) is 6.54 Å². The number of carboxylic acids is 1. The summed E-state index contributed by atoms with van der Waals surface area (Å²) in [5, 5.41) is 13.4. The summed E-state index contributed by atoms with van der Waals surface area (Å²) in [5.41, 5.74) is -0.583. The van der Waals surface area contributed by atoms with E-state index in [1.807, 2.05) is 0 Å². The largest absolute Gasteiger partial charge is 0.481 e. The molecule has 0 bridgehead atoms. The van der Waals surface area contributed by atoms with E-state index < -0.39 is 29.5 Å². The van der Waals surface area contributed by atoms with Crippen LogP contribution in [0.15, 0.2) is 0 Å². The van der Waals surface area contributed by atoms with Crippen LogP contribution < -0.4 is 10.6 Å². The highest BCUT2D eigenvalue weighted by Gasteiger charge is 2.32. The van der Waals surface area contributed by atoms with E-state index in [0.29, 0.717) is 0 Å². The Balaban J connectivity index is 2.70. The van der Waals surface area contributed by atoms with Gasteiger partial charge in [-0.2, -0.15) is 0 Å². The van der Waals surface area contributed by atoms with Gasteiger partial charge in [0.05, 0.1) is 6.42 Å². The predicted molar refractivity (Wildman–Crippen MR) is 73.4 cm³/mol. The van der Waals surface area contributed by atoms with E-state index in [-0.39, 0.29) is 31.7 Å². The molecule has 0 radical (unpaired) electrons. The van der Waals surface area contributed by atoms with Crippen LogP contribution in [0.5, 0.6) is 0 Å². The van der Waals surface area contributed by atoms with Gasteiger partial charge < -0.3 is 15.3 Å². The minimum Gasteiger partial charge on any atom is -0.481 e. The topological polar surface area (TPSA) is 116 Å². The summed E-state index contributed by atoms with van der Waals surface area (Å²) >= 11 is 0. The van der Waals surface area contributed by atoms with Crippen LogP contribution in [0.3, 0.4) is 0 Å². The average Bonchev–Trinajstić information content (AvgIpc) is 2.30. The highest BCUT2D eigenvalue weighted by Crippen LogP contribution is 2.15. The number of nitrogens with one attached hydrogen (secondary N) is 2. The highest BCUT2D eigenvalue weighted by atomic mass is 16.4. The number of carboxylic acid groups (broad SMARTS) is 1. The van der Waals surface area contributed by atoms with Gasteiger partial charge >= 0.3 is 12.0 Å². The lowest BCUT2D eigenvalue weighted by Gasteiger charge is -2.36. The molecule has 0 aliphatic carbocycles. The predicted octanol–water partition coefficient (Wildman–Crippen LogP) is 0.0764. The van der Waals surface area contributed by atoms with Crippen molar-refractivity contribution in [3.8, 4) is 0 Å². The molecule has 4 amide bonds. The van der Waals surface area contributed by atoms with Crippen LogP contribution in [-0.4, -0.2) is 51.9 Å². The second kappa shape index (κ2) is 6.55. The summed E-state index contributed by atoms with van der Waals surface area (Å²) in [4.78, 5) is 47.0. The fraction of sp³-hybridized carbons (Fsp3) is 0.692. The number of rotatable bonds is 4. The summed E-state index contributed by atoms with van der Waals surface area (Å²) in [6.45, 7) is 5.37. The van der Waals surface area contributed by atoms with Crippen LogP contribution in [0, 0.1) is 0 Å². The van der Waals surface area contributed by atoms with E-state index in [1.165, 1.54) is 4.90 Å². The van der Waals surface area contributed by atoms with Gasteiger partial charge in [0, 0.05) is 18.5 Å². The Kier molecular flexibility index (Phi) is 5.28. The number of nitrogens with zero attached hydrogens (tertiary/aromatic N) is 1. The van der Waals surface area contributed by atoms with Gasteiger partial charge in [0.2, 0.25) is 11.8 Å². The van der Waals surface area contributed by atoms with Gasteiger partial charge in [-0.05, 0) is 27.2 Å². The van der Waals surface area contributed by atoms with E-state index in [0.717, 1.165) is 0 Å². The molecule has 0 saturated carbocycles. The molecule has 1 heterocycles. The van der Waals surface area contributed by atoms with Crippen molar-refractivity contribution in [3.63, 3.8) is 0 Å². The first-order valence-electron chi connectivity index (χ1n) is 6.75. The Morgan fingerprint density at radius 3 is 2.48 bits per heavy atom. The zero-order chi connectivity index (χ0) is 16.2. The van der Waals surface area contributed by atoms with Crippen molar-refractivity contribution in [1.82, 2.24) is 15.5 Å². The lowest BCUT2D eigenvalue weighted by Crippen LogP contribution is -2.58. The number of imide groups is 1. The molecule has 21 heavy (non-hydrogen) atoms. The Labute approximate surface area is 122 Å². The molecule has 8 heteroatoms. The molecule has 0 aromatic heterocycles. The maximum atomic E-state index is 12.3. The van der Waals surface area contributed by atoms with Gasteiger partial charge in [-0.3, -0.25) is 19.7 Å². The molecule has 1 fully saturated rings. The summed E-state index contributed by atoms with van der Waals surface area (Å²) in [7, 11) is 0. The summed E-state index contributed by atoms with van der Waals surface area (Å²) in [5.74, 6) is -1.89. The highest BCUT2D eigenvalue weighted by molar-refractivity contribution is 6.01. The summed E-state index contributed by atoms with van der Waals surface area (Å²) in [6, 6.07) is -1.29. The van der Waals surface area contributed by atoms with Crippen molar-refractivity contribution in [3.05, 3.63) is 0 Å². The summed E-state index contributed by atoms with van der Waals surface area (Å²) < 4.78 is 0. The van der Waals surface area contributed by atoms with Crippen LogP contribution in [-0.2, 0) is 14.4 Å². The number of amides is 4. The zero-order valence-electron chi connectivity index (χ0n) is 12.4. The first-order valence-corrected chi connectivity index (χ1v) is 6.75. The number of aliphatic carboxylic acids is 1. The third-order valence-electron chi connectivity index (χ3n) is 3.14. The van der Waals surface area contributed by atoms with E-state index >= 15 is 0 Å². The molecular weight excluding hydrogens is 278 g/mol. The quantitative estimate of drug-likeness (QED) is 0.636. The fourth-order valence-corrected chi connectivity index (χ4v) is 2.01. The molecule has 1 unspecified atom stereocenters. The van der Waals surface area contributed by atoms with E-state index in [2.05, 4.69) is 10.6 Å². The molecular formula is C13H21N3O5. The molecule has 118 valence electrons. The molecule has 1 aliphatic rings. The third kappa shape index (κ3) is 5.05. The second-order valence-corrected chi connectivity index (χ2v) is 5.92. The maximum absolute atomic E-state index is 12.3. The molecule has 0 aromatic rings. The molecule has 0 aromatic carbocycles. The van der Waals surface area contributed by atoms with Gasteiger partial charge in [0.15, 0.2) is 0 Å². The molecule has 1 atom stereocenters. The molecule has 1 rings (SSSR count). The third-order valence-corrected chi connectivity index (χ3v) is 3.14. The lowest BCUT2D eigenvalue weighted by atomic mass is 10.0. The fourth-order valence-electron chi connectivity index (χ4n) is 2.01. The maximum Gasteiger partial charge on any atom is 0.318 e. The van der Waals surface area contributed by atoms with E-state index in [9.17, 15) is 19.2 Å². The van der Waals surface area contributed by atoms with Crippen LogP contribution in [0.4, 0.5) is 4.79 Å². The molecule has 1 saturated heterocycles. The minimum atomic E-state index is -1.00. The van der Waals surface area contributed by atoms with Crippen LogP contribution in [0.2, 0.25) is 0 Å². The standard InChI is InChI=1S/C13H21N3O5/c1-13(2,3)16(7-6-10(18)19)12(21)14-8-4-5-9(17)15-11(8)20/h8H,4-7H2,1-3H3,(H,14,21)(H,18,19)(H,15,17,20). The molecule has 3 N–H and O–H groups in total. The zero-order valence-corrected chi connectivity index (χ0v) is 12.4. The molecule has 1 aliphatic heterocycles. The van der Waals surface area contributed by atoms with E-state index in [4.69, 9.17) is 5.11 Å².